The van der Waals surface area contributed by atoms with Crippen molar-refractivity contribution in [2.24, 2.45) is 0 Å². The summed E-state index contributed by atoms with van der Waals surface area (Å²) in [6, 6.07) is 17.5. The van der Waals surface area contributed by atoms with Crippen LogP contribution in [-0.4, -0.2) is 24.4 Å². The Hall–Kier alpha value is -3.08. The molecule has 2 N–H and O–H groups in total. The van der Waals surface area contributed by atoms with Crippen molar-refractivity contribution < 1.29 is 9.59 Å². The van der Waals surface area contributed by atoms with Crippen LogP contribution in [0, 0.1) is 0 Å². The van der Waals surface area contributed by atoms with Crippen LogP contribution in [0.2, 0.25) is 0 Å². The molecule has 0 aromatic heterocycles. The molecule has 0 heterocycles. The van der Waals surface area contributed by atoms with Crippen molar-refractivity contribution in [3.8, 4) is 0 Å². The normalized spacial score (nSPS) is 11.2. The van der Waals surface area contributed by atoms with Gasteiger partial charge in [-0.25, -0.2) is 0 Å². The van der Waals surface area contributed by atoms with E-state index in [1.807, 2.05) is 54.6 Å². The summed E-state index contributed by atoms with van der Waals surface area (Å²) < 4.78 is 0. The third kappa shape index (κ3) is 5.99. The zero-order chi connectivity index (χ0) is 19.8. The van der Waals surface area contributed by atoms with Gasteiger partial charge in [0.15, 0.2) is 0 Å². The van der Waals surface area contributed by atoms with Crippen LogP contribution < -0.4 is 15.5 Å². The number of carbonyl (C=O) groups is 2. The highest BCUT2D eigenvalue weighted by Gasteiger charge is 2.13. The molecule has 0 unspecified atom stereocenters. The molecule has 2 aromatic carbocycles. The van der Waals surface area contributed by atoms with Crippen molar-refractivity contribution in [1.82, 2.24) is 5.32 Å². The van der Waals surface area contributed by atoms with Crippen LogP contribution >= 0.6 is 0 Å². The first-order chi connectivity index (χ1) is 12.9. The van der Waals surface area contributed by atoms with Gasteiger partial charge < -0.3 is 15.5 Å². The van der Waals surface area contributed by atoms with Crippen molar-refractivity contribution in [2.75, 3.05) is 16.8 Å². The Morgan fingerprint density at radius 2 is 1.67 bits per heavy atom. The number of hydrogen-bond donors (Lipinski definition) is 2. The lowest BCUT2D eigenvalue weighted by molar-refractivity contribution is -0.120. The van der Waals surface area contributed by atoms with E-state index in [9.17, 15) is 9.59 Å². The van der Waals surface area contributed by atoms with E-state index in [-0.39, 0.29) is 17.5 Å². The number of rotatable bonds is 7. The minimum absolute atomic E-state index is 0.204. The van der Waals surface area contributed by atoms with Gasteiger partial charge in [-0.05, 0) is 56.7 Å². The first kappa shape index (κ1) is 20.2. The zero-order valence-electron chi connectivity index (χ0n) is 16.3. The minimum atomic E-state index is -0.363. The number of nitrogens with one attached hydrogen (secondary N) is 2. The molecule has 0 aliphatic carbocycles. The Bertz CT molecular complexity index is 796. The van der Waals surface area contributed by atoms with E-state index in [2.05, 4.69) is 36.3 Å². The maximum atomic E-state index is 12.6. The number of anilines is 2. The number of amides is 2. The van der Waals surface area contributed by atoms with E-state index in [1.54, 1.807) is 6.08 Å². The van der Waals surface area contributed by atoms with Crippen molar-refractivity contribution >= 4 is 29.3 Å². The molecule has 2 rings (SSSR count). The highest BCUT2D eigenvalue weighted by molar-refractivity contribution is 6.08. The predicted molar refractivity (Wildman–Crippen MR) is 111 cm³/mol. The fourth-order valence-electron chi connectivity index (χ4n) is 2.84. The van der Waals surface area contributed by atoms with Gasteiger partial charge in [-0.15, -0.1) is 0 Å². The lowest BCUT2D eigenvalue weighted by Gasteiger charge is -2.27. The second kappa shape index (κ2) is 9.57. The number of hydrogen-bond acceptors (Lipinski definition) is 3. The summed E-state index contributed by atoms with van der Waals surface area (Å²) in [6.07, 6.45) is 1.66. The fraction of sp³-hybridized carbons (Fsp3) is 0.273. The molecule has 5 nitrogen and oxygen atoms in total. The molecule has 0 saturated carbocycles. The average molecular weight is 365 g/mol. The standard InChI is InChI=1S/C22H27N3O2/c1-5-25(16(2)3)20-13-11-19(12-14-20)24-22(27)21(23-17(4)26)15-18-9-7-6-8-10-18/h6-16H,5H2,1-4H3,(H,23,26)(H,24,27)/b21-15-. The molecule has 5 heteroatoms. The van der Waals surface area contributed by atoms with Gasteiger partial charge in [0, 0.05) is 30.9 Å². The minimum Gasteiger partial charge on any atom is -0.369 e. The summed E-state index contributed by atoms with van der Waals surface area (Å²) in [4.78, 5) is 26.4. The molecule has 0 spiro atoms. The largest absolute Gasteiger partial charge is 0.369 e. The lowest BCUT2D eigenvalue weighted by atomic mass is 10.2. The summed E-state index contributed by atoms with van der Waals surface area (Å²) in [5, 5.41) is 5.44. The van der Waals surface area contributed by atoms with Gasteiger partial charge >= 0.3 is 0 Å². The van der Waals surface area contributed by atoms with Crippen molar-refractivity contribution in [3.05, 3.63) is 65.9 Å². The molecule has 142 valence electrons. The van der Waals surface area contributed by atoms with Crippen LogP contribution in [0.25, 0.3) is 6.08 Å². The third-order valence-corrected chi connectivity index (χ3v) is 4.09. The molecular formula is C22H27N3O2. The predicted octanol–water partition coefficient (Wildman–Crippen LogP) is 4.04. The van der Waals surface area contributed by atoms with Crippen molar-refractivity contribution in [3.63, 3.8) is 0 Å². The van der Waals surface area contributed by atoms with E-state index < -0.39 is 0 Å². The average Bonchev–Trinajstić information content (AvgIpc) is 2.63. The Kier molecular flexibility index (Phi) is 7.17. The molecule has 27 heavy (non-hydrogen) atoms. The van der Waals surface area contributed by atoms with Crippen molar-refractivity contribution in [2.45, 2.75) is 33.7 Å². The maximum Gasteiger partial charge on any atom is 0.272 e. The first-order valence-corrected chi connectivity index (χ1v) is 9.13. The van der Waals surface area contributed by atoms with Gasteiger partial charge in [-0.3, -0.25) is 9.59 Å². The Balaban J connectivity index is 2.17. The van der Waals surface area contributed by atoms with E-state index in [1.165, 1.54) is 6.92 Å². The molecule has 0 saturated heterocycles. The van der Waals surface area contributed by atoms with Crippen LogP contribution in [0.4, 0.5) is 11.4 Å². The Labute approximate surface area is 161 Å². The molecule has 0 radical (unpaired) electrons. The van der Waals surface area contributed by atoms with Crippen LogP contribution in [0.1, 0.15) is 33.3 Å². The SMILES string of the molecule is CCN(c1ccc(NC(=O)/C(=C/c2ccccc2)NC(C)=O)cc1)C(C)C. The van der Waals surface area contributed by atoms with Crippen LogP contribution in [0.5, 0.6) is 0 Å². The van der Waals surface area contributed by atoms with Gasteiger partial charge in [-0.2, -0.15) is 0 Å². The van der Waals surface area contributed by atoms with Crippen LogP contribution in [-0.2, 0) is 9.59 Å². The van der Waals surface area contributed by atoms with Gasteiger partial charge in [0.25, 0.3) is 5.91 Å². The van der Waals surface area contributed by atoms with E-state index in [4.69, 9.17) is 0 Å². The number of carbonyl (C=O) groups excluding carboxylic acids is 2. The zero-order valence-corrected chi connectivity index (χ0v) is 16.3. The Morgan fingerprint density at radius 3 is 2.19 bits per heavy atom. The summed E-state index contributed by atoms with van der Waals surface area (Å²) >= 11 is 0. The van der Waals surface area contributed by atoms with Crippen LogP contribution in [0.15, 0.2) is 60.3 Å². The second-order valence-corrected chi connectivity index (χ2v) is 6.53. The fourth-order valence-corrected chi connectivity index (χ4v) is 2.84. The molecule has 2 amide bonds. The van der Waals surface area contributed by atoms with Crippen LogP contribution in [0.3, 0.4) is 0 Å². The molecule has 0 aliphatic heterocycles. The molecule has 2 aromatic rings. The monoisotopic (exact) mass is 365 g/mol. The van der Waals surface area contributed by atoms with Crippen molar-refractivity contribution in [1.29, 1.82) is 0 Å². The maximum absolute atomic E-state index is 12.6. The van der Waals surface area contributed by atoms with E-state index in [0.29, 0.717) is 11.7 Å². The van der Waals surface area contributed by atoms with Gasteiger partial charge in [0.05, 0.1) is 0 Å². The summed E-state index contributed by atoms with van der Waals surface area (Å²) in [5.41, 5.74) is 2.82. The highest BCUT2D eigenvalue weighted by atomic mass is 16.2. The highest BCUT2D eigenvalue weighted by Crippen LogP contribution is 2.20. The first-order valence-electron chi connectivity index (χ1n) is 9.13. The molecule has 0 atom stereocenters. The lowest BCUT2D eigenvalue weighted by Crippen LogP contribution is -2.30. The Morgan fingerprint density at radius 1 is 1.04 bits per heavy atom. The summed E-state index contributed by atoms with van der Waals surface area (Å²) in [7, 11) is 0. The second-order valence-electron chi connectivity index (χ2n) is 6.53. The smallest absolute Gasteiger partial charge is 0.272 e. The van der Waals surface area contributed by atoms with E-state index >= 15 is 0 Å². The number of benzene rings is 2. The van der Waals surface area contributed by atoms with Gasteiger partial charge in [-0.1, -0.05) is 30.3 Å². The summed E-state index contributed by atoms with van der Waals surface area (Å²) in [5.74, 6) is -0.656. The van der Waals surface area contributed by atoms with Gasteiger partial charge in [0.2, 0.25) is 5.91 Å². The third-order valence-electron chi connectivity index (χ3n) is 4.09. The number of nitrogens with zero attached hydrogens (tertiary/aromatic N) is 1. The van der Waals surface area contributed by atoms with E-state index in [0.717, 1.165) is 17.8 Å². The molecule has 0 bridgehead atoms. The quantitative estimate of drug-likeness (QED) is 0.728. The molecular weight excluding hydrogens is 338 g/mol. The van der Waals surface area contributed by atoms with Gasteiger partial charge in [0.1, 0.15) is 5.70 Å². The molecule has 0 aliphatic rings. The molecule has 0 fully saturated rings. The summed E-state index contributed by atoms with van der Waals surface area (Å²) in [6.45, 7) is 8.70. The topological polar surface area (TPSA) is 61.4 Å².